The van der Waals surface area contributed by atoms with E-state index in [9.17, 15) is 0 Å². The van der Waals surface area contributed by atoms with Crippen LogP contribution in [-0.2, 0) is 6.42 Å². The highest BCUT2D eigenvalue weighted by Gasteiger charge is 2.29. The molecule has 0 bridgehead atoms. The van der Waals surface area contributed by atoms with Gasteiger partial charge in [0.2, 0.25) is 5.95 Å². The molecule has 1 aliphatic carbocycles. The van der Waals surface area contributed by atoms with Gasteiger partial charge in [-0.1, -0.05) is 20.8 Å². The minimum atomic E-state index is 0.401. The van der Waals surface area contributed by atoms with Crippen molar-refractivity contribution in [3.63, 3.8) is 0 Å². The first kappa shape index (κ1) is 20.1. The molecule has 3 aliphatic rings. The van der Waals surface area contributed by atoms with E-state index >= 15 is 0 Å². The Morgan fingerprint density at radius 1 is 1.03 bits per heavy atom. The fourth-order valence-electron chi connectivity index (χ4n) is 4.72. The number of hydrogen-bond acceptors (Lipinski definition) is 7. The van der Waals surface area contributed by atoms with E-state index in [2.05, 4.69) is 51.9 Å². The number of piperazine rings is 1. The van der Waals surface area contributed by atoms with Gasteiger partial charge in [-0.3, -0.25) is 4.99 Å². The van der Waals surface area contributed by atoms with Gasteiger partial charge >= 0.3 is 0 Å². The van der Waals surface area contributed by atoms with Crippen LogP contribution in [0.4, 0.5) is 17.5 Å². The van der Waals surface area contributed by atoms with Gasteiger partial charge in [-0.25, -0.2) is 15.0 Å². The summed E-state index contributed by atoms with van der Waals surface area (Å²) in [7, 11) is 0. The average Bonchev–Trinajstić information content (AvgIpc) is 3.25. The van der Waals surface area contributed by atoms with Gasteiger partial charge in [0.15, 0.2) is 0 Å². The second kappa shape index (κ2) is 8.38. The summed E-state index contributed by atoms with van der Waals surface area (Å²) in [6.45, 7) is 12.9. The number of allylic oxidation sites excluding steroid dienone is 1. The molecule has 31 heavy (non-hydrogen) atoms. The Morgan fingerprint density at radius 3 is 2.58 bits per heavy atom. The molecule has 2 aromatic rings. The van der Waals surface area contributed by atoms with E-state index in [1.807, 2.05) is 18.5 Å². The summed E-state index contributed by atoms with van der Waals surface area (Å²) in [5.41, 5.74) is 7.31. The van der Waals surface area contributed by atoms with Crippen molar-refractivity contribution in [2.75, 3.05) is 49.5 Å². The fourth-order valence-corrected chi connectivity index (χ4v) is 4.72. The first-order chi connectivity index (χ1) is 15.1. The van der Waals surface area contributed by atoms with Crippen molar-refractivity contribution in [1.82, 2.24) is 19.9 Å². The van der Waals surface area contributed by atoms with Crippen LogP contribution in [0.3, 0.4) is 0 Å². The van der Waals surface area contributed by atoms with E-state index in [-0.39, 0.29) is 0 Å². The molecule has 0 atom stereocenters. The molecule has 7 nitrogen and oxygen atoms in total. The quantitative estimate of drug-likeness (QED) is 0.802. The second-order valence-corrected chi connectivity index (χ2v) is 8.85. The Morgan fingerprint density at radius 2 is 1.87 bits per heavy atom. The van der Waals surface area contributed by atoms with E-state index in [0.717, 1.165) is 63.6 Å². The van der Waals surface area contributed by atoms with Gasteiger partial charge in [-0.05, 0) is 48.6 Å². The predicted octanol–water partition coefficient (Wildman–Crippen LogP) is 3.57. The summed E-state index contributed by atoms with van der Waals surface area (Å²) in [5, 5.41) is 3.30. The van der Waals surface area contributed by atoms with Gasteiger partial charge in [0.1, 0.15) is 5.82 Å². The number of anilines is 3. The third-order valence-corrected chi connectivity index (χ3v) is 6.57. The topological polar surface area (TPSA) is 69.5 Å². The molecular weight excluding hydrogens is 386 g/mol. The Labute approximate surface area is 184 Å². The van der Waals surface area contributed by atoms with Gasteiger partial charge in [0, 0.05) is 43.7 Å². The number of aromatic nitrogens is 3. The maximum atomic E-state index is 4.90. The first-order valence-electron chi connectivity index (χ1n) is 11.5. The molecular formula is C24H31N7. The molecule has 1 N–H and O–H groups in total. The first-order valence-corrected chi connectivity index (χ1v) is 11.5. The van der Waals surface area contributed by atoms with E-state index in [1.54, 1.807) is 0 Å². The Balaban J connectivity index is 1.32. The van der Waals surface area contributed by atoms with Crippen molar-refractivity contribution in [2.45, 2.75) is 33.6 Å². The molecule has 2 aromatic heterocycles. The van der Waals surface area contributed by atoms with Gasteiger partial charge in [0.05, 0.1) is 24.1 Å². The van der Waals surface area contributed by atoms with Crippen molar-refractivity contribution in [3.05, 3.63) is 41.4 Å². The van der Waals surface area contributed by atoms with Crippen molar-refractivity contribution in [1.29, 1.82) is 0 Å². The summed E-state index contributed by atoms with van der Waals surface area (Å²) in [4.78, 5) is 23.8. The number of likely N-dealkylation sites (N-methyl/N-ethyl adjacent to an activating group) is 1. The normalized spacial score (nSPS) is 18.8. The highest BCUT2D eigenvalue weighted by Crippen LogP contribution is 2.37. The lowest BCUT2D eigenvalue weighted by Gasteiger charge is -2.35. The molecule has 7 heteroatoms. The van der Waals surface area contributed by atoms with Crippen LogP contribution in [0, 0.1) is 5.92 Å². The van der Waals surface area contributed by atoms with Crippen LogP contribution >= 0.6 is 0 Å². The average molecular weight is 418 g/mol. The number of nitrogens with zero attached hydrogens (tertiary/aromatic N) is 6. The number of aliphatic imine (C=N–C) groups is 1. The predicted molar refractivity (Wildman–Crippen MR) is 126 cm³/mol. The molecule has 0 radical (unpaired) electrons. The Kier molecular flexibility index (Phi) is 5.44. The smallest absolute Gasteiger partial charge is 0.228 e. The van der Waals surface area contributed by atoms with Crippen molar-refractivity contribution in [3.8, 4) is 0 Å². The molecule has 4 heterocycles. The number of hydrogen-bond donors (Lipinski definition) is 1. The molecule has 2 aliphatic heterocycles. The molecule has 0 amide bonds. The summed E-state index contributed by atoms with van der Waals surface area (Å²) < 4.78 is 0. The SMILES string of the molecule is CCN1CCN(c2ccc(Nc3ncc4c(n3)C3=C(CC4)CN=C3C(C)C)nc2)CC1. The molecule has 0 saturated carbocycles. The third-order valence-electron chi connectivity index (χ3n) is 6.57. The standard InChI is InChI=1S/C24H31N7/c1-4-30-9-11-31(12-10-30)19-7-8-20(25-15-19)28-24-27-14-18-6-5-17-13-26-22(16(2)3)21(17)23(18)29-24/h7-8,14-16H,4-6,9-13H2,1-3H3,(H,25,27,28,29). The highest BCUT2D eigenvalue weighted by atomic mass is 15.3. The maximum absolute atomic E-state index is 4.90. The van der Waals surface area contributed by atoms with Crippen LogP contribution in [0.25, 0.3) is 5.57 Å². The van der Waals surface area contributed by atoms with Gasteiger partial charge in [-0.15, -0.1) is 0 Å². The summed E-state index contributed by atoms with van der Waals surface area (Å²) in [5.74, 6) is 1.77. The summed E-state index contributed by atoms with van der Waals surface area (Å²) in [6.07, 6.45) is 5.97. The van der Waals surface area contributed by atoms with E-state index in [4.69, 9.17) is 9.98 Å². The lowest BCUT2D eigenvalue weighted by Crippen LogP contribution is -2.46. The van der Waals surface area contributed by atoms with Crippen molar-refractivity contribution >= 4 is 28.7 Å². The maximum Gasteiger partial charge on any atom is 0.228 e. The minimum Gasteiger partial charge on any atom is -0.368 e. The largest absolute Gasteiger partial charge is 0.368 e. The zero-order valence-corrected chi connectivity index (χ0v) is 18.7. The fraction of sp³-hybridized carbons (Fsp3) is 0.500. The minimum absolute atomic E-state index is 0.401. The number of pyridine rings is 1. The monoisotopic (exact) mass is 417 g/mol. The molecule has 5 rings (SSSR count). The van der Waals surface area contributed by atoms with Crippen LogP contribution in [0.1, 0.15) is 38.4 Å². The Bertz CT molecular complexity index is 1010. The molecule has 1 saturated heterocycles. The zero-order chi connectivity index (χ0) is 21.4. The van der Waals surface area contributed by atoms with Crippen LogP contribution in [0.15, 0.2) is 35.1 Å². The van der Waals surface area contributed by atoms with Gasteiger partial charge in [0.25, 0.3) is 0 Å². The number of nitrogens with one attached hydrogen (secondary N) is 1. The van der Waals surface area contributed by atoms with E-state index < -0.39 is 0 Å². The number of fused-ring (bicyclic) bond motifs is 2. The number of aryl methyl sites for hydroxylation is 1. The molecule has 0 unspecified atom stereocenters. The molecule has 0 spiro atoms. The second-order valence-electron chi connectivity index (χ2n) is 8.85. The van der Waals surface area contributed by atoms with Crippen LogP contribution < -0.4 is 10.2 Å². The lowest BCUT2D eigenvalue weighted by molar-refractivity contribution is 0.271. The summed E-state index contributed by atoms with van der Waals surface area (Å²) >= 11 is 0. The molecule has 0 aromatic carbocycles. The van der Waals surface area contributed by atoms with E-state index in [1.165, 1.54) is 28.1 Å². The van der Waals surface area contributed by atoms with Crippen LogP contribution in [0.2, 0.25) is 0 Å². The lowest BCUT2D eigenvalue weighted by atomic mass is 9.86. The summed E-state index contributed by atoms with van der Waals surface area (Å²) in [6, 6.07) is 4.15. The van der Waals surface area contributed by atoms with Gasteiger partial charge in [-0.2, -0.15) is 0 Å². The third kappa shape index (κ3) is 3.94. The van der Waals surface area contributed by atoms with E-state index in [0.29, 0.717) is 11.9 Å². The zero-order valence-electron chi connectivity index (χ0n) is 18.7. The van der Waals surface area contributed by atoms with Crippen molar-refractivity contribution in [2.24, 2.45) is 10.9 Å². The van der Waals surface area contributed by atoms with Crippen molar-refractivity contribution < 1.29 is 0 Å². The molecule has 162 valence electrons. The van der Waals surface area contributed by atoms with Gasteiger partial charge < -0.3 is 15.1 Å². The highest BCUT2D eigenvalue weighted by molar-refractivity contribution is 6.27. The molecule has 1 fully saturated rings. The van der Waals surface area contributed by atoms with Crippen LogP contribution in [-0.4, -0.2) is 64.8 Å². The van der Waals surface area contributed by atoms with Crippen LogP contribution in [0.5, 0.6) is 0 Å². The number of rotatable bonds is 5. The Hall–Kier alpha value is -2.80.